The third kappa shape index (κ3) is 4.92. The van der Waals surface area contributed by atoms with E-state index in [1.807, 2.05) is 17.0 Å². The fraction of sp³-hybridized carbons (Fsp3) is 0.520. The number of fused-ring (bicyclic) bond motifs is 2. The summed E-state index contributed by atoms with van der Waals surface area (Å²) >= 11 is 9.82. The Balaban J connectivity index is 1.38. The van der Waals surface area contributed by atoms with Crippen molar-refractivity contribution >= 4 is 33.4 Å². The highest BCUT2D eigenvalue weighted by molar-refractivity contribution is 9.10. The molecule has 6 nitrogen and oxygen atoms in total. The van der Waals surface area contributed by atoms with Gasteiger partial charge in [-0.05, 0) is 89.9 Å². The zero-order chi connectivity index (χ0) is 22.9. The first-order chi connectivity index (χ1) is 16.0. The molecule has 1 atom stereocenters. The van der Waals surface area contributed by atoms with Crippen molar-refractivity contribution in [3.8, 4) is 0 Å². The van der Waals surface area contributed by atoms with Crippen LogP contribution in [0.5, 0.6) is 0 Å². The van der Waals surface area contributed by atoms with Crippen molar-refractivity contribution in [2.45, 2.75) is 38.1 Å². The molecule has 1 amide bonds. The maximum Gasteiger partial charge on any atom is 0.222 e. The van der Waals surface area contributed by atoms with E-state index < -0.39 is 0 Å². The molecule has 33 heavy (non-hydrogen) atoms. The molecule has 0 radical (unpaired) electrons. The Morgan fingerprint density at radius 2 is 1.85 bits per heavy atom. The average molecular weight is 534 g/mol. The molecule has 2 aliphatic heterocycles. The van der Waals surface area contributed by atoms with Gasteiger partial charge in [-0.2, -0.15) is 4.73 Å². The monoisotopic (exact) mass is 532 g/mol. The molecule has 3 aliphatic rings. The predicted molar refractivity (Wildman–Crippen MR) is 132 cm³/mol. The number of piperidine rings is 1. The van der Waals surface area contributed by atoms with Gasteiger partial charge < -0.3 is 15.4 Å². The standard InChI is InChI=1S/C25H30BrClN4O2/c26-20-14-19-2-1-18-15-21(27)3-4-22(18)25(24(19)31(33)16-20)30-11-9-29(10-12-30)23(32)13-17-5-7-28-8-6-17/h3-4,14-17,25,28H,1-2,5-13H2/t25-/m1/s1. The van der Waals surface area contributed by atoms with Crippen molar-refractivity contribution in [2.24, 2.45) is 5.92 Å². The van der Waals surface area contributed by atoms with Crippen LogP contribution in [0.2, 0.25) is 5.02 Å². The van der Waals surface area contributed by atoms with E-state index in [0.29, 0.717) is 25.4 Å². The van der Waals surface area contributed by atoms with Crippen molar-refractivity contribution in [1.82, 2.24) is 15.1 Å². The number of amides is 1. The molecule has 8 heteroatoms. The number of carbonyl (C=O) groups is 1. The number of nitrogens with zero attached hydrogens (tertiary/aromatic N) is 3. The first-order valence-corrected chi connectivity index (χ1v) is 13.1. The predicted octanol–water partition coefficient (Wildman–Crippen LogP) is 3.46. The largest absolute Gasteiger partial charge is 0.618 e. The Kier molecular flexibility index (Phi) is 6.93. The van der Waals surface area contributed by atoms with Gasteiger partial charge in [-0.25, -0.2) is 0 Å². The van der Waals surface area contributed by atoms with Crippen LogP contribution < -0.4 is 10.0 Å². The number of nitrogens with one attached hydrogen (secondary N) is 1. The molecular weight excluding hydrogens is 504 g/mol. The second-order valence-electron chi connectivity index (χ2n) is 9.45. The molecule has 2 saturated heterocycles. The molecule has 0 bridgehead atoms. The molecule has 176 valence electrons. The number of piperazine rings is 1. The summed E-state index contributed by atoms with van der Waals surface area (Å²) in [5, 5.41) is 17.2. The zero-order valence-corrected chi connectivity index (χ0v) is 21.1. The topological polar surface area (TPSA) is 62.5 Å². The van der Waals surface area contributed by atoms with Gasteiger partial charge in [0.25, 0.3) is 0 Å². The highest BCUT2D eigenvalue weighted by Crippen LogP contribution is 2.37. The molecular formula is C25H30BrClN4O2. The summed E-state index contributed by atoms with van der Waals surface area (Å²) in [4.78, 5) is 17.3. The second-order valence-corrected chi connectivity index (χ2v) is 10.8. The lowest BCUT2D eigenvalue weighted by Crippen LogP contribution is -2.52. The number of carbonyl (C=O) groups excluding carboxylic acids is 1. The Bertz CT molecular complexity index is 1040. The quantitative estimate of drug-likeness (QED) is 0.485. The molecule has 0 unspecified atom stereocenters. The van der Waals surface area contributed by atoms with Crippen molar-refractivity contribution in [2.75, 3.05) is 39.3 Å². The van der Waals surface area contributed by atoms with Gasteiger partial charge in [0.2, 0.25) is 11.6 Å². The lowest BCUT2D eigenvalue weighted by molar-refractivity contribution is -0.617. The number of rotatable bonds is 3. The minimum atomic E-state index is -0.137. The van der Waals surface area contributed by atoms with Crippen LogP contribution in [-0.2, 0) is 17.6 Å². The summed E-state index contributed by atoms with van der Waals surface area (Å²) in [7, 11) is 0. The number of aromatic nitrogens is 1. The van der Waals surface area contributed by atoms with Gasteiger partial charge >= 0.3 is 0 Å². The molecule has 3 heterocycles. The first-order valence-electron chi connectivity index (χ1n) is 11.9. The Morgan fingerprint density at radius 1 is 1.12 bits per heavy atom. The maximum atomic E-state index is 13.1. The molecule has 1 N–H and O–H groups in total. The van der Waals surface area contributed by atoms with E-state index in [1.165, 1.54) is 5.56 Å². The van der Waals surface area contributed by atoms with Crippen LogP contribution in [0.1, 0.15) is 47.7 Å². The molecule has 0 spiro atoms. The van der Waals surface area contributed by atoms with Crippen LogP contribution >= 0.6 is 27.5 Å². The van der Waals surface area contributed by atoms with E-state index in [9.17, 15) is 10.0 Å². The lowest BCUT2D eigenvalue weighted by Gasteiger charge is -2.39. The van der Waals surface area contributed by atoms with Gasteiger partial charge in [-0.1, -0.05) is 17.7 Å². The summed E-state index contributed by atoms with van der Waals surface area (Å²) < 4.78 is 1.83. The molecule has 5 rings (SSSR count). The smallest absolute Gasteiger partial charge is 0.222 e. The molecule has 0 saturated carbocycles. The van der Waals surface area contributed by atoms with Crippen molar-refractivity contribution in [1.29, 1.82) is 0 Å². The van der Waals surface area contributed by atoms with E-state index in [4.69, 9.17) is 11.6 Å². The van der Waals surface area contributed by atoms with Crippen LogP contribution in [0.15, 0.2) is 34.9 Å². The molecule has 1 aromatic carbocycles. The van der Waals surface area contributed by atoms with Gasteiger partial charge in [0, 0.05) is 43.2 Å². The molecule has 1 aliphatic carbocycles. The summed E-state index contributed by atoms with van der Waals surface area (Å²) in [6.45, 7) is 4.94. The normalized spacial score (nSPS) is 21.9. The molecule has 2 fully saturated rings. The number of halogens is 2. The average Bonchev–Trinajstić information content (AvgIpc) is 2.96. The number of benzene rings is 1. The van der Waals surface area contributed by atoms with E-state index in [2.05, 4.69) is 38.3 Å². The van der Waals surface area contributed by atoms with Gasteiger partial charge in [-0.3, -0.25) is 9.69 Å². The fourth-order valence-corrected chi connectivity index (χ4v) is 6.29. The van der Waals surface area contributed by atoms with E-state index in [0.717, 1.165) is 82.9 Å². The van der Waals surface area contributed by atoms with Crippen molar-refractivity contribution in [3.05, 3.63) is 67.5 Å². The Morgan fingerprint density at radius 3 is 2.61 bits per heavy atom. The summed E-state index contributed by atoms with van der Waals surface area (Å²) in [5.74, 6) is 0.776. The summed E-state index contributed by atoms with van der Waals surface area (Å²) in [5.41, 5.74) is 4.22. The number of aryl methyl sites for hydroxylation is 2. The Hall–Kier alpha value is -1.67. The van der Waals surface area contributed by atoms with Crippen LogP contribution in [0.3, 0.4) is 0 Å². The second kappa shape index (κ2) is 9.90. The van der Waals surface area contributed by atoms with Crippen LogP contribution in [-0.4, -0.2) is 55.0 Å². The van der Waals surface area contributed by atoms with Gasteiger partial charge in [0.05, 0.1) is 4.47 Å². The number of hydrogen-bond donors (Lipinski definition) is 1. The fourth-order valence-electron chi connectivity index (χ4n) is 5.63. The minimum absolute atomic E-state index is 0.137. The van der Waals surface area contributed by atoms with Crippen molar-refractivity contribution in [3.63, 3.8) is 0 Å². The highest BCUT2D eigenvalue weighted by atomic mass is 79.9. The maximum absolute atomic E-state index is 13.1. The van der Waals surface area contributed by atoms with E-state index >= 15 is 0 Å². The summed E-state index contributed by atoms with van der Waals surface area (Å²) in [6, 6.07) is 7.98. The minimum Gasteiger partial charge on any atom is -0.618 e. The lowest BCUT2D eigenvalue weighted by atomic mass is 9.93. The zero-order valence-electron chi connectivity index (χ0n) is 18.7. The van der Waals surface area contributed by atoms with Crippen LogP contribution in [0.25, 0.3) is 0 Å². The van der Waals surface area contributed by atoms with Gasteiger partial charge in [0.1, 0.15) is 6.04 Å². The van der Waals surface area contributed by atoms with Crippen molar-refractivity contribution < 1.29 is 9.52 Å². The Labute approximate surface area is 208 Å². The van der Waals surface area contributed by atoms with Gasteiger partial charge in [0.15, 0.2) is 6.20 Å². The third-order valence-electron chi connectivity index (χ3n) is 7.40. The van der Waals surface area contributed by atoms with E-state index in [1.54, 1.807) is 6.20 Å². The first kappa shape index (κ1) is 23.1. The molecule has 2 aromatic rings. The van der Waals surface area contributed by atoms with Gasteiger partial charge in [-0.15, -0.1) is 0 Å². The highest BCUT2D eigenvalue weighted by Gasteiger charge is 2.37. The SMILES string of the molecule is O=C(CC1CCNCC1)N1CCN([C@@H]2c3ccc(Cl)cc3CCc3cc(Br)c[n+]([O-])c32)CC1. The van der Waals surface area contributed by atoms with E-state index in [-0.39, 0.29) is 11.9 Å². The van der Waals surface area contributed by atoms with Crippen LogP contribution in [0.4, 0.5) is 0 Å². The van der Waals surface area contributed by atoms with Crippen LogP contribution in [0, 0.1) is 11.1 Å². The summed E-state index contributed by atoms with van der Waals surface area (Å²) in [6.07, 6.45) is 6.08. The third-order valence-corrected chi connectivity index (χ3v) is 8.06. The molecule has 1 aromatic heterocycles. The number of hydrogen-bond acceptors (Lipinski definition) is 4. The number of pyridine rings is 1.